The van der Waals surface area contributed by atoms with Crippen molar-refractivity contribution in [2.45, 2.75) is 44.8 Å². The van der Waals surface area contributed by atoms with Crippen LogP contribution in [0.15, 0.2) is 54.9 Å². The van der Waals surface area contributed by atoms with E-state index < -0.39 is 5.91 Å². The minimum Gasteiger partial charge on any atom is -0.489 e. The van der Waals surface area contributed by atoms with E-state index in [1.165, 1.54) is 6.42 Å². The lowest BCUT2D eigenvalue weighted by Gasteiger charge is -2.26. The maximum Gasteiger partial charge on any atom is 0.248 e. The van der Waals surface area contributed by atoms with E-state index in [0.29, 0.717) is 47.9 Å². The van der Waals surface area contributed by atoms with E-state index in [9.17, 15) is 4.79 Å². The molecular weight excluding hydrogens is 516 g/mol. The molecule has 0 saturated heterocycles. The number of nitrogens with two attached hydrogens (primary N) is 1. The third-order valence-electron chi connectivity index (χ3n) is 6.88. The average molecular weight is 549 g/mol. The van der Waals surface area contributed by atoms with Crippen molar-refractivity contribution in [1.82, 2.24) is 15.3 Å². The summed E-state index contributed by atoms with van der Waals surface area (Å²) in [7, 11) is 0. The van der Waals surface area contributed by atoms with Crippen LogP contribution in [0.1, 0.15) is 48.0 Å². The summed E-state index contributed by atoms with van der Waals surface area (Å²) in [4.78, 5) is 20.5. The molecule has 204 valence electrons. The van der Waals surface area contributed by atoms with Crippen LogP contribution in [0, 0.1) is 0 Å². The second-order valence-corrected chi connectivity index (χ2v) is 10.1. The van der Waals surface area contributed by atoms with Crippen LogP contribution in [-0.2, 0) is 11.3 Å². The fourth-order valence-corrected chi connectivity index (χ4v) is 4.73. The first-order valence-electron chi connectivity index (χ1n) is 13.4. The number of unbranched alkanes of at least 4 members (excludes halogenated alkanes) is 1. The van der Waals surface area contributed by atoms with Gasteiger partial charge in [-0.2, -0.15) is 0 Å². The van der Waals surface area contributed by atoms with Crippen LogP contribution < -0.4 is 20.5 Å². The number of primary amides is 1. The van der Waals surface area contributed by atoms with Gasteiger partial charge < -0.3 is 25.3 Å². The fraction of sp³-hybridized carbons (Fsp3) is 0.367. The molecule has 1 fully saturated rings. The van der Waals surface area contributed by atoms with E-state index in [1.54, 1.807) is 24.5 Å². The quantitative estimate of drug-likeness (QED) is 0.160. The van der Waals surface area contributed by atoms with Gasteiger partial charge >= 0.3 is 0 Å². The lowest BCUT2D eigenvalue weighted by molar-refractivity contribution is 0.0966. The van der Waals surface area contributed by atoms with Crippen LogP contribution in [0.4, 0.5) is 0 Å². The van der Waals surface area contributed by atoms with E-state index in [-0.39, 0.29) is 0 Å². The molecule has 2 aromatic heterocycles. The summed E-state index contributed by atoms with van der Waals surface area (Å²) < 4.78 is 17.6. The third kappa shape index (κ3) is 6.95. The molecule has 1 saturated carbocycles. The minimum atomic E-state index is -0.497. The van der Waals surface area contributed by atoms with Gasteiger partial charge in [0.15, 0.2) is 0 Å². The van der Waals surface area contributed by atoms with Gasteiger partial charge in [0.1, 0.15) is 12.4 Å². The van der Waals surface area contributed by atoms with Gasteiger partial charge in [-0.3, -0.25) is 9.78 Å². The SMILES string of the molecule is NC(=O)c1ccc2c(c1)nc(OCCOCCCCNCc1ccc(OC3CCC3)c(Cl)c1)c1ccncc12. The Kier molecular flexibility index (Phi) is 9.08. The molecule has 0 spiro atoms. The third-order valence-corrected chi connectivity index (χ3v) is 7.17. The molecule has 39 heavy (non-hydrogen) atoms. The Morgan fingerprint density at radius 3 is 2.72 bits per heavy atom. The number of ether oxygens (including phenoxy) is 3. The number of amides is 1. The Morgan fingerprint density at radius 2 is 1.92 bits per heavy atom. The Bertz CT molecular complexity index is 1440. The summed E-state index contributed by atoms with van der Waals surface area (Å²) in [6.45, 7) is 3.13. The van der Waals surface area contributed by atoms with Crippen molar-refractivity contribution in [2.75, 3.05) is 26.4 Å². The summed E-state index contributed by atoms with van der Waals surface area (Å²) in [5, 5.41) is 6.78. The first kappa shape index (κ1) is 27.1. The number of hydrogen-bond donors (Lipinski definition) is 2. The molecule has 2 heterocycles. The molecule has 0 aliphatic heterocycles. The fourth-order valence-electron chi connectivity index (χ4n) is 4.48. The lowest BCUT2D eigenvalue weighted by Crippen LogP contribution is -2.24. The van der Waals surface area contributed by atoms with Crippen LogP contribution in [0.2, 0.25) is 5.02 Å². The molecule has 2 aromatic carbocycles. The van der Waals surface area contributed by atoms with Gasteiger partial charge in [-0.1, -0.05) is 23.7 Å². The van der Waals surface area contributed by atoms with Crippen LogP contribution in [-0.4, -0.2) is 48.3 Å². The van der Waals surface area contributed by atoms with Gasteiger partial charge in [0, 0.05) is 47.3 Å². The molecule has 8 nitrogen and oxygen atoms in total. The van der Waals surface area contributed by atoms with Gasteiger partial charge in [0.05, 0.1) is 23.3 Å². The Balaban J connectivity index is 1.01. The molecule has 9 heteroatoms. The topological polar surface area (TPSA) is 109 Å². The number of nitrogens with zero attached hydrogens (tertiary/aromatic N) is 2. The second kappa shape index (κ2) is 13.1. The zero-order chi connectivity index (χ0) is 27.0. The molecule has 0 atom stereocenters. The van der Waals surface area contributed by atoms with Crippen molar-refractivity contribution in [3.8, 4) is 11.6 Å². The molecule has 0 bridgehead atoms. The molecule has 0 radical (unpaired) electrons. The first-order chi connectivity index (χ1) is 19.1. The maximum absolute atomic E-state index is 11.6. The first-order valence-corrected chi connectivity index (χ1v) is 13.8. The molecule has 1 aliphatic carbocycles. The van der Waals surface area contributed by atoms with Crippen molar-refractivity contribution < 1.29 is 19.0 Å². The van der Waals surface area contributed by atoms with E-state index in [2.05, 4.69) is 21.4 Å². The summed E-state index contributed by atoms with van der Waals surface area (Å²) in [6.07, 6.45) is 9.23. The zero-order valence-electron chi connectivity index (χ0n) is 21.8. The number of carbonyl (C=O) groups excluding carboxylic acids is 1. The van der Waals surface area contributed by atoms with Gasteiger partial charge in [0.25, 0.3) is 0 Å². The number of halogens is 1. The van der Waals surface area contributed by atoms with Crippen molar-refractivity contribution in [2.24, 2.45) is 5.73 Å². The van der Waals surface area contributed by atoms with E-state index in [1.807, 2.05) is 24.3 Å². The number of carbonyl (C=O) groups is 1. The Hall–Kier alpha value is -3.46. The molecule has 4 aromatic rings. The summed E-state index contributed by atoms with van der Waals surface area (Å²) in [5.41, 5.74) is 7.62. The monoisotopic (exact) mass is 548 g/mol. The number of hydrogen-bond acceptors (Lipinski definition) is 7. The van der Waals surface area contributed by atoms with Gasteiger partial charge in [-0.15, -0.1) is 0 Å². The number of rotatable bonds is 14. The zero-order valence-corrected chi connectivity index (χ0v) is 22.6. The molecule has 0 unspecified atom stereocenters. The predicted molar refractivity (Wildman–Crippen MR) is 153 cm³/mol. The average Bonchev–Trinajstić information content (AvgIpc) is 2.92. The standard InChI is InChI=1S/C30H33ClN4O4/c31-26-16-20(6-9-28(26)39-22-4-3-5-22)18-33-11-1-2-13-37-14-15-38-30-24-10-12-34-19-25(24)23-8-7-21(29(32)36)17-27(23)35-30/h6-10,12,16-17,19,22,33H,1-5,11,13-15,18H2,(H2,32,36). The highest BCUT2D eigenvalue weighted by molar-refractivity contribution is 6.32. The highest BCUT2D eigenvalue weighted by atomic mass is 35.5. The number of benzene rings is 2. The molecule has 5 rings (SSSR count). The molecule has 3 N–H and O–H groups in total. The Labute approximate surface area is 232 Å². The molecule has 1 amide bonds. The lowest BCUT2D eigenvalue weighted by atomic mass is 9.96. The maximum atomic E-state index is 11.6. The van der Waals surface area contributed by atoms with Crippen molar-refractivity contribution in [3.05, 3.63) is 71.0 Å². The predicted octanol–water partition coefficient (Wildman–Crippen LogP) is 5.43. The number of pyridine rings is 2. The van der Waals surface area contributed by atoms with Crippen molar-refractivity contribution >= 4 is 39.2 Å². The van der Waals surface area contributed by atoms with Crippen LogP contribution in [0.5, 0.6) is 11.6 Å². The number of nitrogens with one attached hydrogen (secondary N) is 1. The Morgan fingerprint density at radius 1 is 1.03 bits per heavy atom. The van der Waals surface area contributed by atoms with E-state index in [0.717, 1.165) is 66.2 Å². The minimum absolute atomic E-state index is 0.325. The summed E-state index contributed by atoms with van der Waals surface area (Å²) >= 11 is 6.39. The number of aromatic nitrogens is 2. The second-order valence-electron chi connectivity index (χ2n) is 9.71. The van der Waals surface area contributed by atoms with Crippen molar-refractivity contribution in [1.29, 1.82) is 0 Å². The normalized spacial score (nSPS) is 13.5. The smallest absolute Gasteiger partial charge is 0.248 e. The van der Waals surface area contributed by atoms with Gasteiger partial charge in [-0.05, 0) is 74.5 Å². The highest BCUT2D eigenvalue weighted by Gasteiger charge is 2.20. The summed E-state index contributed by atoms with van der Waals surface area (Å²) in [6, 6.07) is 13.1. The van der Waals surface area contributed by atoms with Crippen LogP contribution in [0.25, 0.3) is 21.7 Å². The van der Waals surface area contributed by atoms with Gasteiger partial charge in [0.2, 0.25) is 11.8 Å². The molecular formula is C30H33ClN4O4. The van der Waals surface area contributed by atoms with Crippen LogP contribution in [0.3, 0.4) is 0 Å². The summed E-state index contributed by atoms with van der Waals surface area (Å²) in [5.74, 6) is 0.769. The van der Waals surface area contributed by atoms with E-state index in [4.69, 9.17) is 31.5 Å². The number of fused-ring (bicyclic) bond motifs is 3. The van der Waals surface area contributed by atoms with Crippen molar-refractivity contribution in [3.63, 3.8) is 0 Å². The van der Waals surface area contributed by atoms with Gasteiger partial charge in [-0.25, -0.2) is 4.98 Å². The van der Waals surface area contributed by atoms with Crippen LogP contribution >= 0.6 is 11.6 Å². The molecule has 1 aliphatic rings. The van der Waals surface area contributed by atoms with E-state index >= 15 is 0 Å². The highest BCUT2D eigenvalue weighted by Crippen LogP contribution is 2.32. The largest absolute Gasteiger partial charge is 0.489 e.